The van der Waals surface area contributed by atoms with E-state index in [1.807, 2.05) is 0 Å². The monoisotopic (exact) mass is 267 g/mol. The molecule has 1 heterocycles. The van der Waals surface area contributed by atoms with Crippen LogP contribution in [-0.2, 0) is 4.79 Å². The lowest BCUT2D eigenvalue weighted by Crippen LogP contribution is -2.40. The molecule has 1 aromatic carbocycles. The second-order valence-corrected chi connectivity index (χ2v) is 4.34. The molecule has 102 valence electrons. The largest absolute Gasteiger partial charge is 0.494 e. The van der Waals surface area contributed by atoms with Gasteiger partial charge >= 0.3 is 5.97 Å². The van der Waals surface area contributed by atoms with Crippen LogP contribution in [0, 0.1) is 5.82 Å². The molecule has 0 radical (unpaired) electrons. The number of benzene rings is 1. The number of hydrogen-bond donors (Lipinski definition) is 1. The number of halogens is 1. The summed E-state index contributed by atoms with van der Waals surface area (Å²) in [6, 6.07) is 3.03. The van der Waals surface area contributed by atoms with E-state index in [0.29, 0.717) is 19.4 Å². The van der Waals surface area contributed by atoms with Crippen molar-refractivity contribution in [3.63, 3.8) is 0 Å². The van der Waals surface area contributed by atoms with Crippen LogP contribution in [0.1, 0.15) is 23.2 Å². The SMILES string of the molecule is COc1ccc(C(=O)N2CCC[C@@H]2C(=O)O)cc1F. The summed E-state index contributed by atoms with van der Waals surface area (Å²) >= 11 is 0. The molecule has 0 aromatic heterocycles. The van der Waals surface area contributed by atoms with Gasteiger partial charge in [0.05, 0.1) is 7.11 Å². The van der Waals surface area contributed by atoms with Crippen molar-refractivity contribution >= 4 is 11.9 Å². The summed E-state index contributed by atoms with van der Waals surface area (Å²) in [7, 11) is 1.33. The van der Waals surface area contributed by atoms with Crippen LogP contribution in [0.2, 0.25) is 0 Å². The van der Waals surface area contributed by atoms with Gasteiger partial charge in [-0.05, 0) is 31.0 Å². The summed E-state index contributed by atoms with van der Waals surface area (Å²) in [5.41, 5.74) is 0.131. The molecule has 0 aliphatic carbocycles. The number of carboxylic acid groups (broad SMARTS) is 1. The first-order valence-corrected chi connectivity index (χ1v) is 5.92. The fourth-order valence-electron chi connectivity index (χ4n) is 2.23. The van der Waals surface area contributed by atoms with Gasteiger partial charge in [0.15, 0.2) is 11.6 Å². The number of nitrogens with zero attached hydrogens (tertiary/aromatic N) is 1. The third-order valence-corrected chi connectivity index (χ3v) is 3.20. The van der Waals surface area contributed by atoms with Crippen LogP contribution >= 0.6 is 0 Å². The number of carboxylic acids is 1. The Morgan fingerprint density at radius 3 is 2.79 bits per heavy atom. The molecule has 0 unspecified atom stereocenters. The highest BCUT2D eigenvalue weighted by Crippen LogP contribution is 2.23. The second-order valence-electron chi connectivity index (χ2n) is 4.34. The topological polar surface area (TPSA) is 66.8 Å². The second kappa shape index (κ2) is 5.26. The van der Waals surface area contributed by atoms with Crippen molar-refractivity contribution in [2.45, 2.75) is 18.9 Å². The fraction of sp³-hybridized carbons (Fsp3) is 0.385. The normalized spacial score (nSPS) is 18.4. The van der Waals surface area contributed by atoms with Crippen LogP contribution in [0.4, 0.5) is 4.39 Å². The lowest BCUT2D eigenvalue weighted by molar-refractivity contribution is -0.141. The summed E-state index contributed by atoms with van der Waals surface area (Å²) in [6.45, 7) is 0.378. The summed E-state index contributed by atoms with van der Waals surface area (Å²) in [5.74, 6) is -2.08. The number of methoxy groups -OCH3 is 1. The predicted octanol–water partition coefficient (Wildman–Crippen LogP) is 1.52. The minimum Gasteiger partial charge on any atom is -0.494 e. The third-order valence-electron chi connectivity index (χ3n) is 3.20. The number of carbonyl (C=O) groups excluding carboxylic acids is 1. The van der Waals surface area contributed by atoms with Gasteiger partial charge in [-0.15, -0.1) is 0 Å². The molecular weight excluding hydrogens is 253 g/mol. The summed E-state index contributed by atoms with van der Waals surface area (Å²) in [4.78, 5) is 24.5. The van der Waals surface area contributed by atoms with E-state index in [2.05, 4.69) is 0 Å². The molecule has 6 heteroatoms. The van der Waals surface area contributed by atoms with E-state index in [1.165, 1.54) is 24.1 Å². The number of likely N-dealkylation sites (tertiary alicyclic amines) is 1. The Balaban J connectivity index is 2.24. The summed E-state index contributed by atoms with van der Waals surface area (Å²) in [6.07, 6.45) is 1.07. The predicted molar refractivity (Wildman–Crippen MR) is 64.6 cm³/mol. The minimum atomic E-state index is -1.03. The Morgan fingerprint density at radius 2 is 2.21 bits per heavy atom. The molecule has 1 N–H and O–H groups in total. The molecule has 0 spiro atoms. The number of ether oxygens (including phenoxy) is 1. The van der Waals surface area contributed by atoms with Gasteiger partial charge in [0.2, 0.25) is 0 Å². The molecule has 2 rings (SSSR count). The van der Waals surface area contributed by atoms with Crippen molar-refractivity contribution in [1.82, 2.24) is 4.90 Å². The molecule has 1 amide bonds. The number of amides is 1. The molecule has 1 saturated heterocycles. The summed E-state index contributed by atoms with van der Waals surface area (Å²) < 4.78 is 18.3. The Morgan fingerprint density at radius 1 is 1.47 bits per heavy atom. The first-order chi connectivity index (χ1) is 9.04. The molecular formula is C13H14FNO4. The number of hydrogen-bond acceptors (Lipinski definition) is 3. The Bertz CT molecular complexity index is 517. The van der Waals surface area contributed by atoms with E-state index in [9.17, 15) is 14.0 Å². The first-order valence-electron chi connectivity index (χ1n) is 5.92. The van der Waals surface area contributed by atoms with E-state index in [0.717, 1.165) is 6.07 Å². The van der Waals surface area contributed by atoms with Crippen LogP contribution in [0.5, 0.6) is 5.75 Å². The van der Waals surface area contributed by atoms with Crippen molar-refractivity contribution in [1.29, 1.82) is 0 Å². The Hall–Kier alpha value is -2.11. The van der Waals surface area contributed by atoms with E-state index in [-0.39, 0.29) is 11.3 Å². The quantitative estimate of drug-likeness (QED) is 0.901. The van der Waals surface area contributed by atoms with Gasteiger partial charge in [-0.25, -0.2) is 9.18 Å². The molecule has 0 bridgehead atoms. The molecule has 0 saturated carbocycles. The van der Waals surface area contributed by atoms with Crippen molar-refractivity contribution < 1.29 is 23.8 Å². The zero-order chi connectivity index (χ0) is 14.0. The van der Waals surface area contributed by atoms with Gasteiger partial charge in [-0.2, -0.15) is 0 Å². The van der Waals surface area contributed by atoms with Gasteiger partial charge in [0, 0.05) is 12.1 Å². The lowest BCUT2D eigenvalue weighted by atomic mass is 10.1. The highest BCUT2D eigenvalue weighted by molar-refractivity contribution is 5.97. The lowest BCUT2D eigenvalue weighted by Gasteiger charge is -2.21. The minimum absolute atomic E-state index is 0.0488. The standard InChI is InChI=1S/C13H14FNO4/c1-19-11-5-4-8(7-9(11)14)12(16)15-6-2-3-10(15)13(17)18/h4-5,7,10H,2-3,6H2,1H3,(H,17,18)/t10-/m1/s1. The smallest absolute Gasteiger partial charge is 0.326 e. The van der Waals surface area contributed by atoms with Gasteiger partial charge in [-0.3, -0.25) is 4.79 Å². The highest BCUT2D eigenvalue weighted by atomic mass is 19.1. The molecule has 1 aliphatic heterocycles. The Kier molecular flexibility index (Phi) is 3.69. The molecule has 1 aliphatic rings. The van der Waals surface area contributed by atoms with E-state index >= 15 is 0 Å². The van der Waals surface area contributed by atoms with Crippen molar-refractivity contribution in [2.24, 2.45) is 0 Å². The Labute approximate surface area is 109 Å². The number of carbonyl (C=O) groups is 2. The van der Waals surface area contributed by atoms with Crippen molar-refractivity contribution in [3.05, 3.63) is 29.6 Å². The molecule has 1 fully saturated rings. The van der Waals surface area contributed by atoms with Gasteiger partial charge in [-0.1, -0.05) is 0 Å². The molecule has 1 atom stereocenters. The average Bonchev–Trinajstić information content (AvgIpc) is 2.87. The van der Waals surface area contributed by atoms with Gasteiger partial charge in [0.1, 0.15) is 6.04 Å². The fourth-order valence-corrected chi connectivity index (χ4v) is 2.23. The van der Waals surface area contributed by atoms with Crippen LogP contribution in [0.3, 0.4) is 0 Å². The maximum absolute atomic E-state index is 13.5. The zero-order valence-corrected chi connectivity index (χ0v) is 10.4. The average molecular weight is 267 g/mol. The van der Waals surface area contributed by atoms with Crippen LogP contribution in [-0.4, -0.2) is 41.6 Å². The van der Waals surface area contributed by atoms with Crippen LogP contribution in [0.25, 0.3) is 0 Å². The maximum Gasteiger partial charge on any atom is 0.326 e. The van der Waals surface area contributed by atoms with Gasteiger partial charge in [0.25, 0.3) is 5.91 Å². The van der Waals surface area contributed by atoms with E-state index in [4.69, 9.17) is 9.84 Å². The number of aliphatic carboxylic acids is 1. The molecule has 1 aromatic rings. The van der Waals surface area contributed by atoms with Crippen LogP contribution in [0.15, 0.2) is 18.2 Å². The maximum atomic E-state index is 13.5. The van der Waals surface area contributed by atoms with E-state index in [1.54, 1.807) is 0 Å². The van der Waals surface area contributed by atoms with E-state index < -0.39 is 23.7 Å². The third kappa shape index (κ3) is 2.52. The number of rotatable bonds is 3. The van der Waals surface area contributed by atoms with Crippen molar-refractivity contribution in [2.75, 3.05) is 13.7 Å². The van der Waals surface area contributed by atoms with Crippen LogP contribution < -0.4 is 4.74 Å². The van der Waals surface area contributed by atoms with Gasteiger partial charge < -0.3 is 14.7 Å². The van der Waals surface area contributed by atoms with Crippen molar-refractivity contribution in [3.8, 4) is 5.75 Å². The zero-order valence-electron chi connectivity index (χ0n) is 10.4. The first kappa shape index (κ1) is 13.3. The molecule has 19 heavy (non-hydrogen) atoms. The summed E-state index contributed by atoms with van der Waals surface area (Å²) in [5, 5.41) is 9.03. The molecule has 5 nitrogen and oxygen atoms in total. The highest BCUT2D eigenvalue weighted by Gasteiger charge is 2.34.